The van der Waals surface area contributed by atoms with Crippen molar-refractivity contribution in [3.8, 4) is 0 Å². The van der Waals surface area contributed by atoms with Gasteiger partial charge >= 0.3 is 0 Å². The molecule has 1 N–H and O–H groups in total. The van der Waals surface area contributed by atoms with Crippen molar-refractivity contribution in [2.75, 3.05) is 0 Å². The lowest BCUT2D eigenvalue weighted by Crippen LogP contribution is -2.25. The van der Waals surface area contributed by atoms with Gasteiger partial charge in [-0.1, -0.05) is 32.0 Å². The van der Waals surface area contributed by atoms with Crippen molar-refractivity contribution in [2.45, 2.75) is 40.3 Å². The SMILES string of the molecule is CCn1nc(CNC(=O)c2cc(CC(C)C)nn2C)c2ccccc21. The zero-order valence-electron chi connectivity index (χ0n) is 15.3. The third-order valence-electron chi connectivity index (χ3n) is 4.23. The summed E-state index contributed by atoms with van der Waals surface area (Å²) in [6, 6.07) is 9.97. The lowest BCUT2D eigenvalue weighted by Gasteiger charge is -2.03. The molecule has 6 nitrogen and oxygen atoms in total. The van der Waals surface area contributed by atoms with Crippen LogP contribution in [0.5, 0.6) is 0 Å². The van der Waals surface area contributed by atoms with Gasteiger partial charge in [-0.25, -0.2) is 0 Å². The predicted molar refractivity (Wildman–Crippen MR) is 98.3 cm³/mol. The van der Waals surface area contributed by atoms with Crippen molar-refractivity contribution < 1.29 is 4.79 Å². The molecule has 0 radical (unpaired) electrons. The standard InChI is InChI=1S/C19H25N5O/c1-5-24-17-9-7-6-8-15(17)16(22-24)12-20-19(25)18-11-14(10-13(2)3)21-23(18)4/h6-9,11,13H,5,10,12H2,1-4H3,(H,20,25). The maximum atomic E-state index is 12.5. The molecule has 25 heavy (non-hydrogen) atoms. The predicted octanol–water partition coefficient (Wildman–Crippen LogP) is 2.92. The molecule has 0 saturated heterocycles. The van der Waals surface area contributed by atoms with E-state index in [0.29, 0.717) is 18.2 Å². The van der Waals surface area contributed by atoms with Crippen LogP contribution in [0, 0.1) is 5.92 Å². The van der Waals surface area contributed by atoms with Crippen molar-refractivity contribution in [2.24, 2.45) is 13.0 Å². The summed E-state index contributed by atoms with van der Waals surface area (Å²) in [4.78, 5) is 12.5. The molecular weight excluding hydrogens is 314 g/mol. The summed E-state index contributed by atoms with van der Waals surface area (Å²) >= 11 is 0. The van der Waals surface area contributed by atoms with Crippen LogP contribution in [0.2, 0.25) is 0 Å². The summed E-state index contributed by atoms with van der Waals surface area (Å²) in [6.45, 7) is 7.55. The topological polar surface area (TPSA) is 64.7 Å². The fourth-order valence-corrected chi connectivity index (χ4v) is 3.08. The molecule has 0 unspecified atom stereocenters. The highest BCUT2D eigenvalue weighted by Gasteiger charge is 2.15. The van der Waals surface area contributed by atoms with Crippen LogP contribution in [0.3, 0.4) is 0 Å². The van der Waals surface area contributed by atoms with Gasteiger partial charge in [0, 0.05) is 19.0 Å². The van der Waals surface area contributed by atoms with Crippen LogP contribution < -0.4 is 5.32 Å². The first-order valence-corrected chi connectivity index (χ1v) is 8.75. The number of hydrogen-bond acceptors (Lipinski definition) is 3. The molecule has 132 valence electrons. The van der Waals surface area contributed by atoms with Gasteiger partial charge in [-0.2, -0.15) is 10.2 Å². The van der Waals surface area contributed by atoms with Gasteiger partial charge in [0.2, 0.25) is 0 Å². The molecule has 2 heterocycles. The number of aromatic nitrogens is 4. The highest BCUT2D eigenvalue weighted by molar-refractivity contribution is 5.93. The minimum atomic E-state index is -0.125. The van der Waals surface area contributed by atoms with E-state index >= 15 is 0 Å². The Morgan fingerprint density at radius 2 is 2.00 bits per heavy atom. The Morgan fingerprint density at radius 1 is 1.24 bits per heavy atom. The number of hydrogen-bond donors (Lipinski definition) is 1. The molecule has 3 aromatic rings. The lowest BCUT2D eigenvalue weighted by molar-refractivity contribution is 0.0941. The maximum absolute atomic E-state index is 12.5. The highest BCUT2D eigenvalue weighted by Crippen LogP contribution is 2.18. The van der Waals surface area contributed by atoms with Crippen LogP contribution in [0.25, 0.3) is 10.9 Å². The first kappa shape index (κ1) is 17.2. The summed E-state index contributed by atoms with van der Waals surface area (Å²) < 4.78 is 3.61. The summed E-state index contributed by atoms with van der Waals surface area (Å²) in [5.74, 6) is 0.385. The average molecular weight is 339 g/mol. The summed E-state index contributed by atoms with van der Waals surface area (Å²) in [5, 5.41) is 13.1. The number of fused-ring (bicyclic) bond motifs is 1. The van der Waals surface area contributed by atoms with Gasteiger partial charge in [0.05, 0.1) is 23.4 Å². The normalized spacial score (nSPS) is 11.4. The largest absolute Gasteiger partial charge is 0.345 e. The number of carbonyl (C=O) groups excluding carboxylic acids is 1. The van der Waals surface area contributed by atoms with Gasteiger partial charge in [-0.15, -0.1) is 0 Å². The molecule has 0 saturated carbocycles. The van der Waals surface area contributed by atoms with Crippen LogP contribution in [0.1, 0.15) is 42.6 Å². The third-order valence-corrected chi connectivity index (χ3v) is 4.23. The Hall–Kier alpha value is -2.63. The molecule has 2 aromatic heterocycles. The van der Waals surface area contributed by atoms with E-state index < -0.39 is 0 Å². The molecular formula is C19H25N5O. The van der Waals surface area contributed by atoms with Crippen molar-refractivity contribution in [1.29, 1.82) is 0 Å². The van der Waals surface area contributed by atoms with E-state index in [-0.39, 0.29) is 5.91 Å². The second-order valence-corrected chi connectivity index (χ2v) is 6.70. The first-order chi connectivity index (χ1) is 12.0. The fraction of sp³-hybridized carbons (Fsp3) is 0.421. The minimum absolute atomic E-state index is 0.125. The molecule has 0 aliphatic rings. The molecule has 0 aliphatic carbocycles. The van der Waals surface area contributed by atoms with Gasteiger partial charge in [-0.3, -0.25) is 14.2 Å². The van der Waals surface area contributed by atoms with E-state index in [4.69, 9.17) is 0 Å². The van der Waals surface area contributed by atoms with Crippen LogP contribution in [0.4, 0.5) is 0 Å². The molecule has 0 spiro atoms. The maximum Gasteiger partial charge on any atom is 0.269 e. The van der Waals surface area contributed by atoms with Crippen molar-refractivity contribution in [3.63, 3.8) is 0 Å². The Balaban J connectivity index is 1.76. The quantitative estimate of drug-likeness (QED) is 0.751. The Morgan fingerprint density at radius 3 is 2.72 bits per heavy atom. The van der Waals surface area contributed by atoms with Crippen LogP contribution >= 0.6 is 0 Å². The summed E-state index contributed by atoms with van der Waals surface area (Å²) in [5.41, 5.74) is 3.50. The van der Waals surface area contributed by atoms with Gasteiger partial charge in [0.15, 0.2) is 0 Å². The number of amides is 1. The molecule has 0 fully saturated rings. The second-order valence-electron chi connectivity index (χ2n) is 6.70. The van der Waals surface area contributed by atoms with Crippen molar-refractivity contribution >= 4 is 16.8 Å². The van der Waals surface area contributed by atoms with E-state index in [1.165, 1.54) is 0 Å². The fourth-order valence-electron chi connectivity index (χ4n) is 3.08. The number of para-hydroxylation sites is 1. The van der Waals surface area contributed by atoms with E-state index in [1.54, 1.807) is 11.7 Å². The molecule has 0 atom stereocenters. The van der Waals surface area contributed by atoms with E-state index in [2.05, 4.69) is 42.4 Å². The summed E-state index contributed by atoms with van der Waals surface area (Å²) in [6.07, 6.45) is 0.868. The van der Waals surface area contributed by atoms with Crippen molar-refractivity contribution in [3.05, 3.63) is 47.4 Å². The zero-order chi connectivity index (χ0) is 18.0. The number of carbonyl (C=O) groups is 1. The summed E-state index contributed by atoms with van der Waals surface area (Å²) in [7, 11) is 1.81. The molecule has 1 amide bonds. The van der Waals surface area contributed by atoms with Gasteiger partial charge in [0.25, 0.3) is 5.91 Å². The molecule has 3 rings (SSSR count). The monoisotopic (exact) mass is 339 g/mol. The number of rotatable bonds is 6. The van der Waals surface area contributed by atoms with Crippen LogP contribution in [-0.4, -0.2) is 25.5 Å². The van der Waals surface area contributed by atoms with E-state index in [0.717, 1.165) is 35.3 Å². The van der Waals surface area contributed by atoms with E-state index in [1.807, 2.05) is 28.9 Å². The molecule has 1 aromatic carbocycles. The Kier molecular flexibility index (Phi) is 4.88. The average Bonchev–Trinajstić information content (AvgIpc) is 3.12. The molecule has 0 aliphatic heterocycles. The van der Waals surface area contributed by atoms with Gasteiger partial charge < -0.3 is 5.32 Å². The van der Waals surface area contributed by atoms with Crippen LogP contribution in [0.15, 0.2) is 30.3 Å². The number of nitrogens with one attached hydrogen (secondary N) is 1. The Labute approximate surface area is 147 Å². The van der Waals surface area contributed by atoms with Gasteiger partial charge in [-0.05, 0) is 31.4 Å². The highest BCUT2D eigenvalue weighted by atomic mass is 16.2. The second kappa shape index (κ2) is 7.09. The minimum Gasteiger partial charge on any atom is -0.345 e. The Bertz CT molecular complexity index is 890. The lowest BCUT2D eigenvalue weighted by atomic mass is 10.1. The number of nitrogens with zero attached hydrogens (tertiary/aromatic N) is 4. The number of aryl methyl sites for hydroxylation is 2. The first-order valence-electron chi connectivity index (χ1n) is 8.75. The smallest absolute Gasteiger partial charge is 0.269 e. The zero-order valence-corrected chi connectivity index (χ0v) is 15.3. The van der Waals surface area contributed by atoms with E-state index in [9.17, 15) is 4.79 Å². The molecule has 6 heteroatoms. The molecule has 0 bridgehead atoms. The number of benzene rings is 1. The third kappa shape index (κ3) is 3.57. The van der Waals surface area contributed by atoms with Gasteiger partial charge in [0.1, 0.15) is 5.69 Å². The van der Waals surface area contributed by atoms with Crippen LogP contribution in [-0.2, 0) is 26.6 Å². The van der Waals surface area contributed by atoms with Crippen molar-refractivity contribution in [1.82, 2.24) is 24.9 Å².